The minimum absolute atomic E-state index is 0.525. The number of ether oxygens (including phenoxy) is 1. The maximum Gasteiger partial charge on any atom is 0.133 e. The highest BCUT2D eigenvalue weighted by molar-refractivity contribution is 5.34. The number of nitrogens with one attached hydrogen (secondary N) is 1. The first-order valence-corrected chi connectivity index (χ1v) is 6.62. The van der Waals surface area contributed by atoms with Crippen LogP contribution in [0.1, 0.15) is 37.4 Å². The summed E-state index contributed by atoms with van der Waals surface area (Å²) < 4.78 is 5.26. The Morgan fingerprint density at radius 1 is 1.39 bits per heavy atom. The summed E-state index contributed by atoms with van der Waals surface area (Å²) in [6, 6.07) is 1.86. The largest absolute Gasteiger partial charge is 0.388 e. The number of anilines is 1. The summed E-state index contributed by atoms with van der Waals surface area (Å²) in [5, 5.41) is 13.6. The van der Waals surface area contributed by atoms with E-state index in [-0.39, 0.29) is 0 Å². The predicted molar refractivity (Wildman–Crippen MR) is 67.5 cm³/mol. The van der Waals surface area contributed by atoms with Gasteiger partial charge in [-0.1, -0.05) is 0 Å². The lowest BCUT2D eigenvalue weighted by Crippen LogP contribution is -2.42. The van der Waals surface area contributed by atoms with Gasteiger partial charge in [-0.3, -0.25) is 0 Å². The fourth-order valence-electron chi connectivity index (χ4n) is 2.19. The zero-order chi connectivity index (χ0) is 12.4. The number of aromatic nitrogens is 2. The van der Waals surface area contributed by atoms with Gasteiger partial charge < -0.3 is 15.2 Å². The summed E-state index contributed by atoms with van der Waals surface area (Å²) in [7, 11) is 0. The van der Waals surface area contributed by atoms with Gasteiger partial charge in [0.1, 0.15) is 11.6 Å². The second-order valence-corrected chi connectivity index (χ2v) is 5.26. The van der Waals surface area contributed by atoms with Crippen molar-refractivity contribution >= 4 is 5.82 Å². The average molecular weight is 249 g/mol. The zero-order valence-corrected chi connectivity index (χ0v) is 10.4. The van der Waals surface area contributed by atoms with Gasteiger partial charge in [0.25, 0.3) is 0 Å². The molecule has 2 fully saturated rings. The number of nitrogens with zero attached hydrogens (tertiary/aromatic N) is 2. The van der Waals surface area contributed by atoms with Crippen LogP contribution in [0.2, 0.25) is 0 Å². The van der Waals surface area contributed by atoms with Gasteiger partial charge in [-0.05, 0) is 18.9 Å². The quantitative estimate of drug-likeness (QED) is 0.842. The van der Waals surface area contributed by atoms with Crippen molar-refractivity contribution in [3.05, 3.63) is 18.1 Å². The van der Waals surface area contributed by atoms with E-state index in [1.54, 1.807) is 6.20 Å². The van der Waals surface area contributed by atoms with Crippen LogP contribution in [0.4, 0.5) is 5.82 Å². The van der Waals surface area contributed by atoms with Crippen molar-refractivity contribution in [2.24, 2.45) is 0 Å². The van der Waals surface area contributed by atoms with Gasteiger partial charge in [-0.25, -0.2) is 9.97 Å². The molecular weight excluding hydrogens is 230 g/mol. The van der Waals surface area contributed by atoms with Crippen molar-refractivity contribution in [3.63, 3.8) is 0 Å². The molecule has 0 spiro atoms. The smallest absolute Gasteiger partial charge is 0.133 e. The molecule has 2 N–H and O–H groups in total. The zero-order valence-electron chi connectivity index (χ0n) is 10.4. The molecule has 0 bridgehead atoms. The molecule has 2 heterocycles. The number of hydrogen-bond acceptors (Lipinski definition) is 5. The molecule has 5 heteroatoms. The fourth-order valence-corrected chi connectivity index (χ4v) is 2.19. The van der Waals surface area contributed by atoms with Gasteiger partial charge in [0, 0.05) is 44.7 Å². The standard InChI is InChI=1S/C13H19N3O2/c17-13(4-7-18-8-5-13)9-15-11-3-6-14-12(16-11)10-1-2-10/h3,6,10,17H,1-2,4-5,7-9H2,(H,14,15,16). The normalized spacial score (nSPS) is 22.7. The van der Waals surface area contributed by atoms with Crippen molar-refractivity contribution in [1.82, 2.24) is 9.97 Å². The van der Waals surface area contributed by atoms with Crippen LogP contribution in [0.3, 0.4) is 0 Å². The van der Waals surface area contributed by atoms with Crippen LogP contribution in [-0.4, -0.2) is 40.4 Å². The van der Waals surface area contributed by atoms with Crippen LogP contribution < -0.4 is 5.32 Å². The molecule has 2 aliphatic rings. The van der Waals surface area contributed by atoms with Crippen LogP contribution in [0.15, 0.2) is 12.3 Å². The van der Waals surface area contributed by atoms with E-state index in [1.165, 1.54) is 12.8 Å². The lowest BCUT2D eigenvalue weighted by Gasteiger charge is -2.32. The fraction of sp³-hybridized carbons (Fsp3) is 0.692. The Balaban J connectivity index is 1.60. The van der Waals surface area contributed by atoms with Crippen LogP contribution in [0, 0.1) is 0 Å². The number of rotatable bonds is 4. The SMILES string of the molecule is OC1(CNc2ccnc(C3CC3)n2)CCOCC1. The summed E-state index contributed by atoms with van der Waals surface area (Å²) in [5.41, 5.74) is -0.664. The molecule has 1 aliphatic carbocycles. The van der Waals surface area contributed by atoms with Crippen LogP contribution in [-0.2, 0) is 4.74 Å². The Morgan fingerprint density at radius 3 is 2.89 bits per heavy atom. The molecule has 0 unspecified atom stereocenters. The summed E-state index contributed by atoms with van der Waals surface area (Å²) in [5.74, 6) is 2.30. The highest BCUT2D eigenvalue weighted by Crippen LogP contribution is 2.38. The molecule has 0 amide bonds. The molecule has 0 radical (unpaired) electrons. The van der Waals surface area contributed by atoms with Crippen molar-refractivity contribution in [1.29, 1.82) is 0 Å². The Morgan fingerprint density at radius 2 is 2.17 bits per heavy atom. The highest BCUT2D eigenvalue weighted by Gasteiger charge is 2.30. The molecule has 0 atom stereocenters. The maximum absolute atomic E-state index is 10.3. The summed E-state index contributed by atoms with van der Waals surface area (Å²) in [6.45, 7) is 1.79. The second-order valence-electron chi connectivity index (χ2n) is 5.26. The topological polar surface area (TPSA) is 67.3 Å². The molecule has 1 aromatic rings. The molecule has 1 aliphatic heterocycles. The Hall–Kier alpha value is -1.20. The molecule has 1 aromatic heterocycles. The highest BCUT2D eigenvalue weighted by atomic mass is 16.5. The monoisotopic (exact) mass is 249 g/mol. The van der Waals surface area contributed by atoms with E-state index in [1.807, 2.05) is 6.07 Å². The van der Waals surface area contributed by atoms with E-state index in [9.17, 15) is 5.11 Å². The summed E-state index contributed by atoms with van der Waals surface area (Å²) in [4.78, 5) is 8.77. The number of hydrogen-bond donors (Lipinski definition) is 2. The minimum atomic E-state index is -0.664. The molecular formula is C13H19N3O2. The van der Waals surface area contributed by atoms with E-state index in [2.05, 4.69) is 15.3 Å². The van der Waals surface area contributed by atoms with Gasteiger partial charge in [-0.2, -0.15) is 0 Å². The molecule has 3 rings (SSSR count). The summed E-state index contributed by atoms with van der Waals surface area (Å²) >= 11 is 0. The van der Waals surface area contributed by atoms with Gasteiger partial charge in [0.2, 0.25) is 0 Å². The first kappa shape index (κ1) is 11.9. The predicted octanol–water partition coefficient (Wildman–Crippen LogP) is 1.31. The molecule has 1 saturated carbocycles. The molecule has 5 nitrogen and oxygen atoms in total. The average Bonchev–Trinajstić information content (AvgIpc) is 3.22. The lowest BCUT2D eigenvalue weighted by atomic mass is 9.94. The van der Waals surface area contributed by atoms with Crippen LogP contribution >= 0.6 is 0 Å². The van der Waals surface area contributed by atoms with E-state index in [0.717, 1.165) is 11.6 Å². The minimum Gasteiger partial charge on any atom is -0.388 e. The molecule has 1 saturated heterocycles. The Bertz CT molecular complexity index is 414. The molecule has 98 valence electrons. The van der Waals surface area contributed by atoms with E-state index >= 15 is 0 Å². The number of aliphatic hydroxyl groups is 1. The van der Waals surface area contributed by atoms with E-state index in [0.29, 0.717) is 38.5 Å². The lowest BCUT2D eigenvalue weighted by molar-refractivity contribution is -0.0543. The molecule has 0 aromatic carbocycles. The third kappa shape index (κ3) is 2.79. The Labute approximate surface area is 107 Å². The first-order valence-electron chi connectivity index (χ1n) is 6.62. The van der Waals surface area contributed by atoms with Crippen molar-refractivity contribution in [2.45, 2.75) is 37.2 Å². The molecule has 18 heavy (non-hydrogen) atoms. The Kier molecular flexibility index (Phi) is 3.18. The summed E-state index contributed by atoms with van der Waals surface area (Å²) in [6.07, 6.45) is 5.55. The van der Waals surface area contributed by atoms with Gasteiger partial charge >= 0.3 is 0 Å². The van der Waals surface area contributed by atoms with Gasteiger partial charge in [0.05, 0.1) is 5.60 Å². The second kappa shape index (κ2) is 4.82. The maximum atomic E-state index is 10.3. The third-order valence-electron chi connectivity index (χ3n) is 3.64. The van der Waals surface area contributed by atoms with Crippen molar-refractivity contribution < 1.29 is 9.84 Å². The van der Waals surface area contributed by atoms with E-state index in [4.69, 9.17) is 4.74 Å². The van der Waals surface area contributed by atoms with Crippen LogP contribution in [0.5, 0.6) is 0 Å². The first-order chi connectivity index (χ1) is 8.75. The van der Waals surface area contributed by atoms with Crippen molar-refractivity contribution in [2.75, 3.05) is 25.1 Å². The van der Waals surface area contributed by atoms with Crippen LogP contribution in [0.25, 0.3) is 0 Å². The van der Waals surface area contributed by atoms with Gasteiger partial charge in [0.15, 0.2) is 0 Å². The third-order valence-corrected chi connectivity index (χ3v) is 3.64. The van der Waals surface area contributed by atoms with Gasteiger partial charge in [-0.15, -0.1) is 0 Å². The van der Waals surface area contributed by atoms with Crippen molar-refractivity contribution in [3.8, 4) is 0 Å². The van der Waals surface area contributed by atoms with E-state index < -0.39 is 5.60 Å².